The maximum absolute atomic E-state index is 11.6. The molecule has 6 nitrogen and oxygen atoms in total. The minimum Gasteiger partial charge on any atom is -0.481 e. The Balaban J connectivity index is 2.32. The lowest BCUT2D eigenvalue weighted by atomic mass is 9.96. The molecule has 1 aliphatic carbocycles. The topological polar surface area (TPSA) is 84.9 Å². The molecule has 1 saturated carbocycles. The molecular weight excluding hydrogens is 214 g/mol. The van der Waals surface area contributed by atoms with E-state index in [-0.39, 0.29) is 12.5 Å². The summed E-state index contributed by atoms with van der Waals surface area (Å²) in [5.74, 6) is -2.30. The Morgan fingerprint density at radius 1 is 1.31 bits per heavy atom. The molecule has 1 amide bonds. The molecule has 2 atom stereocenters. The van der Waals surface area contributed by atoms with Crippen molar-refractivity contribution in [1.29, 1.82) is 0 Å². The number of carbonyl (C=O) groups is 2. The van der Waals surface area contributed by atoms with Crippen LogP contribution in [0.15, 0.2) is 0 Å². The molecule has 92 valence electrons. The van der Waals surface area contributed by atoms with Gasteiger partial charge in [0.2, 0.25) is 5.91 Å². The molecule has 1 rings (SSSR count). The van der Waals surface area contributed by atoms with Gasteiger partial charge in [-0.25, -0.2) is 5.48 Å². The van der Waals surface area contributed by atoms with Crippen molar-refractivity contribution in [1.82, 2.24) is 5.48 Å². The minimum absolute atomic E-state index is 0.257. The summed E-state index contributed by atoms with van der Waals surface area (Å²) in [5, 5.41) is 8.90. The normalized spacial score (nSPS) is 24.3. The smallest absolute Gasteiger partial charge is 0.307 e. The predicted molar refractivity (Wildman–Crippen MR) is 54.4 cm³/mol. The number of carbonyl (C=O) groups excluding carboxylic acids is 1. The van der Waals surface area contributed by atoms with Gasteiger partial charge in [0, 0.05) is 7.11 Å². The van der Waals surface area contributed by atoms with E-state index >= 15 is 0 Å². The molecule has 1 fully saturated rings. The number of hydrogen-bond acceptors (Lipinski definition) is 4. The van der Waals surface area contributed by atoms with Gasteiger partial charge in [-0.05, 0) is 12.8 Å². The maximum atomic E-state index is 11.6. The van der Waals surface area contributed by atoms with E-state index in [1.54, 1.807) is 0 Å². The van der Waals surface area contributed by atoms with Gasteiger partial charge in [-0.2, -0.15) is 0 Å². The highest BCUT2D eigenvalue weighted by Crippen LogP contribution is 2.31. The maximum Gasteiger partial charge on any atom is 0.307 e. The molecule has 2 N–H and O–H groups in total. The Morgan fingerprint density at radius 3 is 2.62 bits per heavy atom. The fourth-order valence-electron chi connectivity index (χ4n) is 1.89. The molecule has 1 aliphatic rings. The zero-order valence-electron chi connectivity index (χ0n) is 9.27. The van der Waals surface area contributed by atoms with E-state index in [0.717, 1.165) is 6.42 Å². The summed E-state index contributed by atoms with van der Waals surface area (Å²) in [5.41, 5.74) is 2.26. The first-order chi connectivity index (χ1) is 7.66. The lowest BCUT2D eigenvalue weighted by Gasteiger charge is -2.14. The Hall–Kier alpha value is -1.14. The van der Waals surface area contributed by atoms with Gasteiger partial charge in [-0.1, -0.05) is 6.42 Å². The van der Waals surface area contributed by atoms with Crippen LogP contribution >= 0.6 is 0 Å². The Morgan fingerprint density at radius 2 is 2.00 bits per heavy atom. The highest BCUT2D eigenvalue weighted by molar-refractivity contribution is 5.84. The van der Waals surface area contributed by atoms with Gasteiger partial charge in [0.25, 0.3) is 0 Å². The number of carboxylic acid groups (broad SMARTS) is 1. The molecule has 0 aromatic heterocycles. The molecule has 16 heavy (non-hydrogen) atoms. The van der Waals surface area contributed by atoms with E-state index in [4.69, 9.17) is 14.7 Å². The van der Waals surface area contributed by atoms with Gasteiger partial charge in [0.15, 0.2) is 0 Å². The number of nitrogens with one attached hydrogen (secondary N) is 1. The van der Waals surface area contributed by atoms with Crippen LogP contribution in [0.1, 0.15) is 19.3 Å². The van der Waals surface area contributed by atoms with Crippen molar-refractivity contribution >= 4 is 11.9 Å². The van der Waals surface area contributed by atoms with Crippen molar-refractivity contribution in [2.45, 2.75) is 19.3 Å². The van der Waals surface area contributed by atoms with Gasteiger partial charge in [-0.15, -0.1) is 0 Å². The predicted octanol–water partition coefficient (Wildman–Crippen LogP) is 0.181. The van der Waals surface area contributed by atoms with E-state index in [2.05, 4.69) is 5.48 Å². The van der Waals surface area contributed by atoms with Gasteiger partial charge < -0.3 is 9.84 Å². The summed E-state index contributed by atoms with van der Waals surface area (Å²) in [7, 11) is 1.53. The number of hydroxylamine groups is 1. The van der Waals surface area contributed by atoms with Crippen LogP contribution in [0.4, 0.5) is 0 Å². The number of ether oxygens (including phenoxy) is 1. The molecule has 0 bridgehead atoms. The van der Waals surface area contributed by atoms with Crippen LogP contribution < -0.4 is 5.48 Å². The van der Waals surface area contributed by atoms with E-state index in [0.29, 0.717) is 19.4 Å². The highest BCUT2D eigenvalue weighted by Gasteiger charge is 2.37. The average Bonchev–Trinajstić information content (AvgIpc) is 2.73. The minimum atomic E-state index is -0.908. The second kappa shape index (κ2) is 6.44. The molecule has 0 saturated heterocycles. The van der Waals surface area contributed by atoms with Crippen LogP contribution in [0.3, 0.4) is 0 Å². The molecule has 0 unspecified atom stereocenters. The van der Waals surface area contributed by atoms with Crippen LogP contribution in [0.5, 0.6) is 0 Å². The van der Waals surface area contributed by atoms with E-state index in [1.807, 2.05) is 0 Å². The van der Waals surface area contributed by atoms with Crippen molar-refractivity contribution in [3.63, 3.8) is 0 Å². The third kappa shape index (κ3) is 3.46. The number of carboxylic acids is 1. The van der Waals surface area contributed by atoms with Crippen molar-refractivity contribution in [2.24, 2.45) is 11.8 Å². The fraction of sp³-hybridized carbons (Fsp3) is 0.800. The second-order valence-electron chi connectivity index (χ2n) is 3.79. The van der Waals surface area contributed by atoms with Crippen molar-refractivity contribution < 1.29 is 24.3 Å². The number of aliphatic carboxylic acids is 1. The highest BCUT2D eigenvalue weighted by atomic mass is 16.7. The number of amides is 1. The van der Waals surface area contributed by atoms with Crippen LogP contribution in [0.2, 0.25) is 0 Å². The standard InChI is InChI=1S/C10H17NO5/c1-15-5-6-16-11-9(12)7-3-2-4-8(7)10(13)14/h7-8H,2-6H2,1H3,(H,11,12)(H,13,14)/t7-,8+/m1/s1. The third-order valence-electron chi connectivity index (χ3n) is 2.73. The van der Waals surface area contributed by atoms with Gasteiger partial charge in [0.05, 0.1) is 25.0 Å². The zero-order valence-corrected chi connectivity index (χ0v) is 9.27. The van der Waals surface area contributed by atoms with Crippen molar-refractivity contribution in [3.05, 3.63) is 0 Å². The molecule has 0 heterocycles. The Kier molecular flexibility index (Phi) is 5.21. The average molecular weight is 231 g/mol. The van der Waals surface area contributed by atoms with Crippen molar-refractivity contribution in [3.8, 4) is 0 Å². The Bertz CT molecular complexity index is 256. The quantitative estimate of drug-likeness (QED) is 0.503. The summed E-state index contributed by atoms with van der Waals surface area (Å²) in [6.07, 6.45) is 1.94. The molecule has 0 spiro atoms. The summed E-state index contributed by atoms with van der Waals surface area (Å²) in [4.78, 5) is 27.3. The molecule has 0 radical (unpaired) electrons. The number of methoxy groups -OCH3 is 1. The fourth-order valence-corrected chi connectivity index (χ4v) is 1.89. The summed E-state index contributed by atoms with van der Waals surface area (Å²) >= 11 is 0. The van der Waals surface area contributed by atoms with Crippen LogP contribution in [-0.4, -0.2) is 37.3 Å². The van der Waals surface area contributed by atoms with E-state index < -0.39 is 17.8 Å². The number of rotatable bonds is 6. The van der Waals surface area contributed by atoms with E-state index in [1.165, 1.54) is 7.11 Å². The van der Waals surface area contributed by atoms with Crippen molar-refractivity contribution in [2.75, 3.05) is 20.3 Å². The van der Waals surface area contributed by atoms with E-state index in [9.17, 15) is 9.59 Å². The Labute approximate surface area is 93.9 Å². The molecular formula is C10H17NO5. The van der Waals surface area contributed by atoms with Crippen LogP contribution in [0, 0.1) is 11.8 Å². The summed E-state index contributed by atoms with van der Waals surface area (Å²) in [6.45, 7) is 0.639. The molecule has 0 aromatic rings. The van der Waals surface area contributed by atoms with Crippen LogP contribution in [-0.2, 0) is 19.2 Å². The second-order valence-corrected chi connectivity index (χ2v) is 3.79. The molecule has 6 heteroatoms. The van der Waals surface area contributed by atoms with Gasteiger partial charge in [0.1, 0.15) is 0 Å². The lowest BCUT2D eigenvalue weighted by Crippen LogP contribution is -2.35. The van der Waals surface area contributed by atoms with Gasteiger partial charge in [-0.3, -0.25) is 14.4 Å². The molecule has 0 aliphatic heterocycles. The first kappa shape index (κ1) is 12.9. The largest absolute Gasteiger partial charge is 0.481 e. The van der Waals surface area contributed by atoms with Crippen LogP contribution in [0.25, 0.3) is 0 Å². The monoisotopic (exact) mass is 231 g/mol. The summed E-state index contributed by atoms with van der Waals surface area (Å²) < 4.78 is 4.74. The molecule has 0 aromatic carbocycles. The lowest BCUT2D eigenvalue weighted by molar-refractivity contribution is -0.150. The number of hydrogen-bond donors (Lipinski definition) is 2. The first-order valence-electron chi connectivity index (χ1n) is 5.30. The van der Waals surface area contributed by atoms with Gasteiger partial charge >= 0.3 is 5.97 Å². The third-order valence-corrected chi connectivity index (χ3v) is 2.73. The SMILES string of the molecule is COCCONC(=O)[C@@H]1CCC[C@@H]1C(=O)O. The zero-order chi connectivity index (χ0) is 12.0. The first-order valence-corrected chi connectivity index (χ1v) is 5.30. The summed E-state index contributed by atoms with van der Waals surface area (Å²) in [6, 6.07) is 0.